The molecule has 108 valence electrons. The second-order valence-corrected chi connectivity index (χ2v) is 5.38. The van der Waals surface area contributed by atoms with Gasteiger partial charge in [-0.1, -0.05) is 36.4 Å². The Morgan fingerprint density at radius 2 is 2.05 bits per heavy atom. The monoisotopic (exact) mass is 281 g/mol. The molecular formula is C17H19N3O. The van der Waals surface area contributed by atoms with Gasteiger partial charge in [-0.05, 0) is 36.1 Å². The largest absolute Gasteiger partial charge is 0.398 e. The molecule has 0 unspecified atom stereocenters. The first kappa shape index (κ1) is 13.5. The second kappa shape index (κ2) is 5.48. The van der Waals surface area contributed by atoms with E-state index in [4.69, 9.17) is 5.73 Å². The van der Waals surface area contributed by atoms with Crippen molar-refractivity contribution in [1.29, 1.82) is 0 Å². The highest BCUT2D eigenvalue weighted by Crippen LogP contribution is 2.31. The summed E-state index contributed by atoms with van der Waals surface area (Å²) in [5.41, 5.74) is 11.0. The molecule has 3 N–H and O–H groups in total. The fourth-order valence-electron chi connectivity index (χ4n) is 2.66. The summed E-state index contributed by atoms with van der Waals surface area (Å²) in [6, 6.07) is 13.8. The van der Waals surface area contributed by atoms with Crippen molar-refractivity contribution in [1.82, 2.24) is 5.32 Å². The van der Waals surface area contributed by atoms with E-state index in [9.17, 15) is 4.79 Å². The van der Waals surface area contributed by atoms with Gasteiger partial charge in [0.15, 0.2) is 0 Å². The summed E-state index contributed by atoms with van der Waals surface area (Å²) < 4.78 is 0. The van der Waals surface area contributed by atoms with Gasteiger partial charge in [-0.15, -0.1) is 0 Å². The van der Waals surface area contributed by atoms with E-state index in [1.807, 2.05) is 43.3 Å². The summed E-state index contributed by atoms with van der Waals surface area (Å²) in [6.07, 6.45) is 0.884. The van der Waals surface area contributed by atoms with Gasteiger partial charge in [0.2, 0.25) is 0 Å². The van der Waals surface area contributed by atoms with E-state index in [1.165, 1.54) is 5.56 Å². The number of urea groups is 1. The maximum Gasteiger partial charge on any atom is 0.322 e. The minimum atomic E-state index is -0.0687. The maximum absolute atomic E-state index is 12.4. The van der Waals surface area contributed by atoms with Gasteiger partial charge in [0.25, 0.3) is 0 Å². The van der Waals surface area contributed by atoms with Gasteiger partial charge < -0.3 is 11.1 Å². The molecule has 0 atom stereocenters. The second-order valence-electron chi connectivity index (χ2n) is 5.38. The van der Waals surface area contributed by atoms with E-state index in [1.54, 1.807) is 4.90 Å². The SMILES string of the molecule is Cc1cc2c(cc1N)N(C(=O)NCc1ccccc1)CC2. The lowest BCUT2D eigenvalue weighted by Crippen LogP contribution is -2.38. The zero-order valence-electron chi connectivity index (χ0n) is 12.1. The summed E-state index contributed by atoms with van der Waals surface area (Å²) in [5.74, 6) is 0. The van der Waals surface area contributed by atoms with Crippen LogP contribution in [0.2, 0.25) is 0 Å². The van der Waals surface area contributed by atoms with Crippen molar-refractivity contribution in [3.8, 4) is 0 Å². The van der Waals surface area contributed by atoms with Crippen molar-refractivity contribution in [2.45, 2.75) is 19.9 Å². The summed E-state index contributed by atoms with van der Waals surface area (Å²) in [6.45, 7) is 3.24. The van der Waals surface area contributed by atoms with E-state index >= 15 is 0 Å². The molecule has 0 aliphatic carbocycles. The van der Waals surface area contributed by atoms with Crippen LogP contribution in [0.4, 0.5) is 16.2 Å². The lowest BCUT2D eigenvalue weighted by Gasteiger charge is -2.19. The van der Waals surface area contributed by atoms with Crippen LogP contribution in [0.5, 0.6) is 0 Å². The van der Waals surface area contributed by atoms with E-state index in [0.29, 0.717) is 13.1 Å². The average molecular weight is 281 g/mol. The van der Waals surface area contributed by atoms with E-state index < -0.39 is 0 Å². The van der Waals surface area contributed by atoms with Crippen molar-refractivity contribution in [3.05, 3.63) is 59.2 Å². The van der Waals surface area contributed by atoms with Crippen molar-refractivity contribution < 1.29 is 4.79 Å². The van der Waals surface area contributed by atoms with Gasteiger partial charge in [0.1, 0.15) is 0 Å². The summed E-state index contributed by atoms with van der Waals surface area (Å²) in [7, 11) is 0. The van der Waals surface area contributed by atoms with Crippen LogP contribution in [0.3, 0.4) is 0 Å². The number of nitrogens with zero attached hydrogens (tertiary/aromatic N) is 1. The van der Waals surface area contributed by atoms with Gasteiger partial charge in [0, 0.05) is 18.8 Å². The van der Waals surface area contributed by atoms with Crippen molar-refractivity contribution in [2.75, 3.05) is 17.2 Å². The van der Waals surface area contributed by atoms with Crippen LogP contribution in [-0.4, -0.2) is 12.6 Å². The number of benzene rings is 2. The molecule has 4 nitrogen and oxygen atoms in total. The zero-order valence-corrected chi connectivity index (χ0v) is 12.1. The molecule has 0 saturated carbocycles. The van der Waals surface area contributed by atoms with Crippen molar-refractivity contribution in [2.24, 2.45) is 0 Å². The van der Waals surface area contributed by atoms with Crippen molar-refractivity contribution >= 4 is 17.4 Å². The Hall–Kier alpha value is -2.49. The van der Waals surface area contributed by atoms with Gasteiger partial charge in [0.05, 0.1) is 5.69 Å². The van der Waals surface area contributed by atoms with Crippen LogP contribution < -0.4 is 16.0 Å². The first-order chi connectivity index (χ1) is 10.1. The predicted molar refractivity (Wildman–Crippen MR) is 85.3 cm³/mol. The topological polar surface area (TPSA) is 58.4 Å². The molecule has 1 heterocycles. The number of nitrogens with one attached hydrogen (secondary N) is 1. The Balaban J connectivity index is 1.72. The fraction of sp³-hybridized carbons (Fsp3) is 0.235. The minimum Gasteiger partial charge on any atom is -0.398 e. The Morgan fingerprint density at radius 1 is 1.29 bits per heavy atom. The zero-order chi connectivity index (χ0) is 14.8. The molecule has 0 fully saturated rings. The van der Waals surface area contributed by atoms with Crippen LogP contribution in [0, 0.1) is 6.92 Å². The van der Waals surface area contributed by atoms with Gasteiger partial charge in [-0.3, -0.25) is 4.90 Å². The summed E-state index contributed by atoms with van der Waals surface area (Å²) in [5, 5.41) is 2.96. The normalized spacial score (nSPS) is 13.1. The third-order valence-electron chi connectivity index (χ3n) is 3.89. The number of carbonyl (C=O) groups excluding carboxylic acids is 1. The quantitative estimate of drug-likeness (QED) is 0.832. The Morgan fingerprint density at radius 3 is 2.81 bits per heavy atom. The highest BCUT2D eigenvalue weighted by atomic mass is 16.2. The molecule has 0 bridgehead atoms. The molecule has 2 amide bonds. The molecule has 0 aromatic heterocycles. The molecule has 0 radical (unpaired) electrons. The first-order valence-corrected chi connectivity index (χ1v) is 7.13. The highest BCUT2D eigenvalue weighted by Gasteiger charge is 2.25. The molecule has 1 aliphatic heterocycles. The van der Waals surface area contributed by atoms with Gasteiger partial charge in [-0.2, -0.15) is 0 Å². The fourth-order valence-corrected chi connectivity index (χ4v) is 2.66. The number of fused-ring (bicyclic) bond motifs is 1. The standard InChI is InChI=1S/C17H19N3O/c1-12-9-14-7-8-20(16(14)10-15(12)18)17(21)19-11-13-5-3-2-4-6-13/h2-6,9-10H,7-8,11,18H2,1H3,(H,19,21). The van der Waals surface area contributed by atoms with Gasteiger partial charge in [-0.25, -0.2) is 4.79 Å². The molecule has 1 aliphatic rings. The molecule has 2 aromatic rings. The summed E-state index contributed by atoms with van der Waals surface area (Å²) in [4.78, 5) is 14.1. The number of aryl methyl sites for hydroxylation is 1. The number of amides is 2. The highest BCUT2D eigenvalue weighted by molar-refractivity contribution is 5.95. The first-order valence-electron chi connectivity index (χ1n) is 7.13. The average Bonchev–Trinajstić information content (AvgIpc) is 2.89. The van der Waals surface area contributed by atoms with E-state index in [2.05, 4.69) is 11.4 Å². The molecule has 0 spiro atoms. The van der Waals surface area contributed by atoms with Crippen LogP contribution >= 0.6 is 0 Å². The van der Waals surface area contributed by atoms with E-state index in [-0.39, 0.29) is 6.03 Å². The van der Waals surface area contributed by atoms with Crippen LogP contribution in [0.25, 0.3) is 0 Å². The van der Waals surface area contributed by atoms with Crippen LogP contribution in [0.1, 0.15) is 16.7 Å². The van der Waals surface area contributed by atoms with E-state index in [0.717, 1.165) is 28.9 Å². The molecule has 2 aromatic carbocycles. The number of nitrogen functional groups attached to an aromatic ring is 1. The molecule has 21 heavy (non-hydrogen) atoms. The Labute approximate surface area is 124 Å². The minimum absolute atomic E-state index is 0.0687. The summed E-state index contributed by atoms with van der Waals surface area (Å²) >= 11 is 0. The lowest BCUT2D eigenvalue weighted by atomic mass is 10.1. The van der Waals surface area contributed by atoms with Crippen LogP contribution in [-0.2, 0) is 13.0 Å². The molecule has 4 heteroatoms. The Kier molecular flexibility index (Phi) is 3.52. The number of carbonyl (C=O) groups is 1. The maximum atomic E-state index is 12.4. The number of nitrogens with two attached hydrogens (primary N) is 1. The Bertz CT molecular complexity index is 667. The third kappa shape index (κ3) is 2.70. The van der Waals surface area contributed by atoms with Crippen molar-refractivity contribution in [3.63, 3.8) is 0 Å². The third-order valence-corrected chi connectivity index (χ3v) is 3.89. The van der Waals surface area contributed by atoms with Gasteiger partial charge >= 0.3 is 6.03 Å². The molecule has 0 saturated heterocycles. The number of anilines is 2. The number of rotatable bonds is 2. The molecule has 3 rings (SSSR count). The lowest BCUT2D eigenvalue weighted by molar-refractivity contribution is 0.246. The van der Waals surface area contributed by atoms with Crippen LogP contribution in [0.15, 0.2) is 42.5 Å². The predicted octanol–water partition coefficient (Wildman–Crippen LogP) is 2.85. The molecular weight excluding hydrogens is 262 g/mol. The smallest absolute Gasteiger partial charge is 0.322 e. The number of hydrogen-bond acceptors (Lipinski definition) is 2. The number of hydrogen-bond donors (Lipinski definition) is 2.